The van der Waals surface area contributed by atoms with Crippen molar-refractivity contribution in [1.82, 2.24) is 4.90 Å². The third-order valence-corrected chi connectivity index (χ3v) is 4.28. The van der Waals surface area contributed by atoms with Gasteiger partial charge in [-0.05, 0) is 59.3 Å². The van der Waals surface area contributed by atoms with Gasteiger partial charge in [-0.15, -0.1) is 0 Å². The Morgan fingerprint density at radius 3 is 3.05 bits per heavy atom. The number of nitrogens with zero attached hydrogens (tertiary/aromatic N) is 1. The summed E-state index contributed by atoms with van der Waals surface area (Å²) in [5, 5.41) is 8.88. The van der Waals surface area contributed by atoms with E-state index in [1.807, 2.05) is 19.1 Å². The van der Waals surface area contributed by atoms with Gasteiger partial charge in [0.1, 0.15) is 5.76 Å². The van der Waals surface area contributed by atoms with Crippen molar-refractivity contribution < 1.29 is 14.3 Å². The average molecular weight is 330 g/mol. The molecule has 0 saturated carbocycles. The van der Waals surface area contributed by atoms with E-state index in [0.29, 0.717) is 5.92 Å². The Hall–Kier alpha value is -0.810. The molecule has 2 heterocycles. The molecule has 5 heteroatoms. The fourth-order valence-corrected chi connectivity index (χ4v) is 3.14. The van der Waals surface area contributed by atoms with Crippen LogP contribution in [0, 0.1) is 11.8 Å². The number of hydrogen-bond acceptors (Lipinski definition) is 3. The Morgan fingerprint density at radius 2 is 2.42 bits per heavy atom. The van der Waals surface area contributed by atoms with Crippen LogP contribution < -0.4 is 0 Å². The summed E-state index contributed by atoms with van der Waals surface area (Å²) in [6, 6.07) is 3.89. The lowest BCUT2D eigenvalue weighted by atomic mass is 9.84. The first-order chi connectivity index (χ1) is 9.04. The van der Waals surface area contributed by atoms with E-state index in [9.17, 15) is 4.79 Å². The van der Waals surface area contributed by atoms with Crippen LogP contribution in [0.1, 0.15) is 31.9 Å². The molecule has 1 aromatic rings. The molecule has 1 aromatic heterocycles. The largest absolute Gasteiger partial charge is 0.481 e. The lowest BCUT2D eigenvalue weighted by Crippen LogP contribution is -2.37. The minimum Gasteiger partial charge on any atom is -0.481 e. The van der Waals surface area contributed by atoms with E-state index in [0.717, 1.165) is 42.9 Å². The monoisotopic (exact) mass is 329 g/mol. The molecule has 19 heavy (non-hydrogen) atoms. The highest BCUT2D eigenvalue weighted by molar-refractivity contribution is 9.10. The Morgan fingerprint density at radius 1 is 1.63 bits per heavy atom. The minimum atomic E-state index is -0.695. The normalized spacial score (nSPS) is 22.3. The summed E-state index contributed by atoms with van der Waals surface area (Å²) in [5.74, 6) is 0.977. The second-order valence-corrected chi connectivity index (χ2v) is 6.20. The number of carbonyl (C=O) groups is 1. The van der Waals surface area contributed by atoms with E-state index in [4.69, 9.17) is 9.52 Å². The summed E-state index contributed by atoms with van der Waals surface area (Å²) in [4.78, 5) is 13.2. The molecule has 1 fully saturated rings. The van der Waals surface area contributed by atoms with Crippen LogP contribution in [0.2, 0.25) is 0 Å². The van der Waals surface area contributed by atoms with Crippen LogP contribution in [0.5, 0.6) is 0 Å². The highest BCUT2D eigenvalue weighted by Crippen LogP contribution is 2.27. The summed E-state index contributed by atoms with van der Waals surface area (Å²) in [5.41, 5.74) is 0. The van der Waals surface area contributed by atoms with E-state index < -0.39 is 5.97 Å². The maximum absolute atomic E-state index is 10.8. The van der Waals surface area contributed by atoms with Crippen LogP contribution >= 0.6 is 15.9 Å². The second kappa shape index (κ2) is 6.57. The summed E-state index contributed by atoms with van der Waals surface area (Å²) in [6.07, 6.45) is 2.54. The third kappa shape index (κ3) is 4.35. The lowest BCUT2D eigenvalue weighted by Gasteiger charge is -2.35. The quantitative estimate of drug-likeness (QED) is 0.899. The Kier molecular flexibility index (Phi) is 5.05. The SMILES string of the molecule is CC(CC(=O)O)C1CCCN(Cc2ccc(Br)o2)C1. The van der Waals surface area contributed by atoms with Gasteiger partial charge in [-0.2, -0.15) is 0 Å². The molecule has 0 amide bonds. The highest BCUT2D eigenvalue weighted by atomic mass is 79.9. The fraction of sp³-hybridized carbons (Fsp3) is 0.643. The van der Waals surface area contributed by atoms with Gasteiger partial charge in [-0.3, -0.25) is 9.69 Å². The lowest BCUT2D eigenvalue weighted by molar-refractivity contribution is -0.138. The van der Waals surface area contributed by atoms with Crippen LogP contribution in [0.4, 0.5) is 0 Å². The number of piperidine rings is 1. The Balaban J connectivity index is 1.88. The first-order valence-electron chi connectivity index (χ1n) is 6.73. The molecule has 1 saturated heterocycles. The molecule has 2 unspecified atom stereocenters. The summed E-state index contributed by atoms with van der Waals surface area (Å²) in [6.45, 7) is 4.88. The first kappa shape index (κ1) is 14.6. The van der Waals surface area contributed by atoms with Gasteiger partial charge in [-0.1, -0.05) is 6.92 Å². The molecule has 0 bridgehead atoms. The van der Waals surface area contributed by atoms with Crippen molar-refractivity contribution in [3.63, 3.8) is 0 Å². The number of carboxylic acid groups (broad SMARTS) is 1. The van der Waals surface area contributed by atoms with Gasteiger partial charge >= 0.3 is 5.97 Å². The third-order valence-electron chi connectivity index (χ3n) is 3.85. The van der Waals surface area contributed by atoms with Crippen LogP contribution in [-0.4, -0.2) is 29.1 Å². The van der Waals surface area contributed by atoms with E-state index in [-0.39, 0.29) is 12.3 Å². The molecule has 0 radical (unpaired) electrons. The van der Waals surface area contributed by atoms with Crippen LogP contribution in [0.25, 0.3) is 0 Å². The molecule has 1 N–H and O–H groups in total. The predicted molar refractivity (Wildman–Crippen MR) is 75.8 cm³/mol. The van der Waals surface area contributed by atoms with Gasteiger partial charge in [0.05, 0.1) is 6.54 Å². The topological polar surface area (TPSA) is 53.7 Å². The number of likely N-dealkylation sites (tertiary alicyclic amines) is 1. The molecule has 0 spiro atoms. The van der Waals surface area contributed by atoms with Crippen molar-refractivity contribution in [3.8, 4) is 0 Å². The summed E-state index contributed by atoms with van der Waals surface area (Å²) in [7, 11) is 0. The zero-order valence-corrected chi connectivity index (χ0v) is 12.7. The number of hydrogen-bond donors (Lipinski definition) is 1. The standard InChI is InChI=1S/C14H20BrNO3/c1-10(7-14(17)18)11-3-2-6-16(8-11)9-12-4-5-13(15)19-12/h4-5,10-11H,2-3,6-9H2,1H3,(H,17,18). The van der Waals surface area contributed by atoms with Gasteiger partial charge in [-0.25, -0.2) is 0 Å². The minimum absolute atomic E-state index is 0.239. The van der Waals surface area contributed by atoms with E-state index in [2.05, 4.69) is 20.8 Å². The molecule has 4 nitrogen and oxygen atoms in total. The average Bonchev–Trinajstić information content (AvgIpc) is 2.74. The molecule has 0 aromatic carbocycles. The Labute approximate surface area is 121 Å². The van der Waals surface area contributed by atoms with Crippen molar-refractivity contribution in [1.29, 1.82) is 0 Å². The van der Waals surface area contributed by atoms with Gasteiger partial charge < -0.3 is 9.52 Å². The maximum atomic E-state index is 10.8. The molecule has 0 aliphatic carbocycles. The number of carboxylic acids is 1. The van der Waals surface area contributed by atoms with E-state index in [1.54, 1.807) is 0 Å². The molecule has 2 rings (SSSR count). The first-order valence-corrected chi connectivity index (χ1v) is 7.52. The van der Waals surface area contributed by atoms with Crippen molar-refractivity contribution in [2.75, 3.05) is 13.1 Å². The van der Waals surface area contributed by atoms with E-state index in [1.165, 1.54) is 0 Å². The number of halogens is 1. The van der Waals surface area contributed by atoms with Crippen molar-refractivity contribution in [3.05, 3.63) is 22.6 Å². The van der Waals surface area contributed by atoms with Crippen molar-refractivity contribution in [2.45, 2.75) is 32.7 Å². The molecular formula is C14H20BrNO3. The van der Waals surface area contributed by atoms with Gasteiger partial charge in [0.2, 0.25) is 0 Å². The number of furan rings is 1. The van der Waals surface area contributed by atoms with Gasteiger partial charge in [0.25, 0.3) is 0 Å². The van der Waals surface area contributed by atoms with Gasteiger partial charge in [0, 0.05) is 13.0 Å². The highest BCUT2D eigenvalue weighted by Gasteiger charge is 2.26. The van der Waals surface area contributed by atoms with Crippen LogP contribution in [-0.2, 0) is 11.3 Å². The summed E-state index contributed by atoms with van der Waals surface area (Å²) < 4.78 is 6.29. The molecule has 1 aliphatic rings. The Bertz CT molecular complexity index is 432. The molecule has 2 atom stereocenters. The molecule has 1 aliphatic heterocycles. The van der Waals surface area contributed by atoms with Crippen LogP contribution in [0.15, 0.2) is 21.2 Å². The fourth-order valence-electron chi connectivity index (χ4n) is 2.80. The summed E-state index contributed by atoms with van der Waals surface area (Å²) >= 11 is 3.31. The van der Waals surface area contributed by atoms with Crippen molar-refractivity contribution in [2.24, 2.45) is 11.8 Å². The van der Waals surface area contributed by atoms with E-state index >= 15 is 0 Å². The van der Waals surface area contributed by atoms with Crippen molar-refractivity contribution >= 4 is 21.9 Å². The number of aliphatic carboxylic acids is 1. The zero-order chi connectivity index (χ0) is 13.8. The number of rotatable bonds is 5. The second-order valence-electron chi connectivity index (χ2n) is 5.42. The molecule has 106 valence electrons. The van der Waals surface area contributed by atoms with Gasteiger partial charge in [0.15, 0.2) is 4.67 Å². The molecular weight excluding hydrogens is 310 g/mol. The predicted octanol–water partition coefficient (Wildman–Crippen LogP) is 3.36. The smallest absolute Gasteiger partial charge is 0.303 e. The zero-order valence-electron chi connectivity index (χ0n) is 11.1. The maximum Gasteiger partial charge on any atom is 0.303 e. The van der Waals surface area contributed by atoms with Crippen LogP contribution in [0.3, 0.4) is 0 Å².